The average molecular weight is 316 g/mol. The third kappa shape index (κ3) is 2.58. The minimum Gasteiger partial charge on any atom is -0.293 e. The first-order valence-electron chi connectivity index (χ1n) is 6.03. The topological polar surface area (TPSA) is 117 Å². The molecule has 0 amide bonds. The lowest BCUT2D eigenvalue weighted by Crippen LogP contribution is -2.20. The summed E-state index contributed by atoms with van der Waals surface area (Å²) in [5, 5.41) is 16.7. The molecule has 0 aromatic carbocycles. The number of aromatic nitrogens is 5. The normalized spacial score (nSPS) is 12.6. The number of nitrogens with two attached hydrogens (primary N) is 1. The summed E-state index contributed by atoms with van der Waals surface area (Å²) in [7, 11) is -3.93. The van der Waals surface area contributed by atoms with Crippen LogP contribution in [0.1, 0.15) is 45.3 Å². The van der Waals surface area contributed by atoms with Crippen LogP contribution in [0.2, 0.25) is 0 Å². The van der Waals surface area contributed by atoms with Gasteiger partial charge in [-0.1, -0.05) is 18.3 Å². The van der Waals surface area contributed by atoms with E-state index in [0.29, 0.717) is 5.82 Å². The second-order valence-electron chi connectivity index (χ2n) is 4.96. The molecule has 0 aliphatic heterocycles. The van der Waals surface area contributed by atoms with Crippen LogP contribution in [0.4, 0.5) is 0 Å². The Morgan fingerprint density at radius 2 is 1.80 bits per heavy atom. The second-order valence-corrected chi connectivity index (χ2v) is 7.17. The molecule has 0 fully saturated rings. The maximum absolute atomic E-state index is 11.6. The second kappa shape index (κ2) is 5.19. The minimum atomic E-state index is -3.93. The summed E-state index contributed by atoms with van der Waals surface area (Å²) >= 11 is 1.17. The van der Waals surface area contributed by atoms with Crippen LogP contribution in [0.5, 0.6) is 0 Å². The fraction of sp³-hybridized carbons (Fsp3) is 0.600. The van der Waals surface area contributed by atoms with Gasteiger partial charge in [-0.3, -0.25) is 4.57 Å². The number of hydrogen-bond acceptors (Lipinski definition) is 7. The van der Waals surface area contributed by atoms with Gasteiger partial charge in [-0.25, -0.2) is 13.6 Å². The monoisotopic (exact) mass is 316 g/mol. The molecule has 2 rings (SSSR count). The summed E-state index contributed by atoms with van der Waals surface area (Å²) in [6, 6.07) is -0.157. The van der Waals surface area contributed by atoms with Gasteiger partial charge in [0.1, 0.15) is 4.88 Å². The molecule has 0 aliphatic carbocycles. The Kier molecular flexibility index (Phi) is 3.89. The number of hydrogen-bond donors (Lipinski definition) is 1. The van der Waals surface area contributed by atoms with E-state index in [1.807, 2.05) is 27.7 Å². The lowest BCUT2D eigenvalue weighted by Gasteiger charge is -2.12. The van der Waals surface area contributed by atoms with Crippen molar-refractivity contribution in [1.82, 2.24) is 24.4 Å². The van der Waals surface area contributed by atoms with Gasteiger partial charge in [0.15, 0.2) is 5.82 Å². The summed E-state index contributed by atoms with van der Waals surface area (Å²) in [5.41, 5.74) is 0.769. The summed E-state index contributed by atoms with van der Waals surface area (Å²) in [6.07, 6.45) is 0. The highest BCUT2D eigenvalue weighted by molar-refractivity contribution is 7.89. The molecular weight excluding hydrogens is 300 g/mol. The van der Waals surface area contributed by atoms with Crippen molar-refractivity contribution in [2.45, 2.75) is 44.8 Å². The van der Waals surface area contributed by atoms with E-state index in [1.165, 1.54) is 16.1 Å². The van der Waals surface area contributed by atoms with E-state index in [-0.39, 0.29) is 17.1 Å². The summed E-state index contributed by atoms with van der Waals surface area (Å²) in [4.78, 5) is 0.719. The molecule has 110 valence electrons. The van der Waals surface area contributed by atoms with Gasteiger partial charge in [-0.2, -0.15) is 0 Å². The molecular formula is C10H16N6O2S2. The first kappa shape index (κ1) is 15.0. The third-order valence-corrected chi connectivity index (χ3v) is 4.22. The Bertz CT molecular complexity index is 716. The molecule has 0 saturated heterocycles. The van der Waals surface area contributed by atoms with Crippen LogP contribution in [-0.2, 0) is 10.0 Å². The van der Waals surface area contributed by atoms with Crippen molar-refractivity contribution < 1.29 is 8.42 Å². The van der Waals surface area contributed by atoms with Crippen LogP contribution < -0.4 is 5.14 Å². The van der Waals surface area contributed by atoms with E-state index >= 15 is 0 Å². The van der Waals surface area contributed by atoms with E-state index in [9.17, 15) is 8.42 Å². The zero-order valence-electron chi connectivity index (χ0n) is 11.6. The van der Waals surface area contributed by atoms with Crippen molar-refractivity contribution in [1.29, 1.82) is 0 Å². The first-order valence-corrected chi connectivity index (χ1v) is 8.35. The van der Waals surface area contributed by atoms with Gasteiger partial charge in [0.05, 0.1) is 5.69 Å². The minimum absolute atomic E-state index is 0.152. The van der Waals surface area contributed by atoms with E-state index in [0.717, 1.165) is 10.6 Å². The molecule has 2 aromatic rings. The van der Waals surface area contributed by atoms with Crippen molar-refractivity contribution >= 4 is 21.6 Å². The largest absolute Gasteiger partial charge is 0.293 e. The predicted octanol–water partition coefficient (Wildman–Crippen LogP) is 1.15. The summed E-state index contributed by atoms with van der Waals surface area (Å²) in [6.45, 7) is 7.64. The molecule has 0 saturated carbocycles. The van der Waals surface area contributed by atoms with Gasteiger partial charge < -0.3 is 0 Å². The highest BCUT2D eigenvalue weighted by Crippen LogP contribution is 2.32. The molecule has 0 unspecified atom stereocenters. The number of sulfonamides is 1. The van der Waals surface area contributed by atoms with Crippen molar-refractivity contribution in [3.8, 4) is 10.7 Å². The molecule has 2 heterocycles. The van der Waals surface area contributed by atoms with E-state index in [2.05, 4.69) is 19.8 Å². The van der Waals surface area contributed by atoms with Gasteiger partial charge in [0.25, 0.3) is 15.2 Å². The van der Waals surface area contributed by atoms with Crippen molar-refractivity contribution in [3.63, 3.8) is 0 Å². The molecule has 8 nitrogen and oxygen atoms in total. The molecule has 0 atom stereocenters. The van der Waals surface area contributed by atoms with Gasteiger partial charge in [-0.05, 0) is 31.3 Å². The van der Waals surface area contributed by atoms with Crippen LogP contribution in [0.25, 0.3) is 10.7 Å². The lowest BCUT2D eigenvalue weighted by atomic mass is 10.1. The van der Waals surface area contributed by atoms with Crippen LogP contribution in [-0.4, -0.2) is 32.8 Å². The molecule has 20 heavy (non-hydrogen) atoms. The quantitative estimate of drug-likeness (QED) is 0.904. The molecule has 0 spiro atoms. The van der Waals surface area contributed by atoms with Crippen LogP contribution >= 0.6 is 11.5 Å². The third-order valence-electron chi connectivity index (χ3n) is 2.70. The Hall–Kier alpha value is -1.39. The van der Waals surface area contributed by atoms with Gasteiger partial charge in [-0.15, -0.1) is 15.3 Å². The fourth-order valence-electron chi connectivity index (χ4n) is 1.82. The fourth-order valence-corrected chi connectivity index (χ4v) is 3.35. The highest BCUT2D eigenvalue weighted by Gasteiger charge is 2.27. The number of rotatable bonds is 4. The molecule has 10 heteroatoms. The highest BCUT2D eigenvalue weighted by atomic mass is 32.2. The van der Waals surface area contributed by atoms with E-state index < -0.39 is 10.0 Å². The Labute approximate surface area is 121 Å². The van der Waals surface area contributed by atoms with Crippen LogP contribution in [0.3, 0.4) is 0 Å². The molecule has 0 bridgehead atoms. The summed E-state index contributed by atoms with van der Waals surface area (Å²) in [5.74, 6) is 0.585. The molecule has 0 aliphatic rings. The lowest BCUT2D eigenvalue weighted by molar-refractivity contribution is 0.524. The van der Waals surface area contributed by atoms with E-state index in [1.54, 1.807) is 0 Å². The van der Waals surface area contributed by atoms with Gasteiger partial charge in [0, 0.05) is 6.04 Å². The van der Waals surface area contributed by atoms with Crippen molar-refractivity contribution in [2.75, 3.05) is 0 Å². The van der Waals surface area contributed by atoms with Crippen molar-refractivity contribution in [2.24, 2.45) is 5.14 Å². The first-order chi connectivity index (χ1) is 9.23. The van der Waals surface area contributed by atoms with Gasteiger partial charge in [0.2, 0.25) is 0 Å². The number of nitrogens with zero attached hydrogens (tertiary/aromatic N) is 5. The zero-order valence-corrected chi connectivity index (χ0v) is 13.2. The Morgan fingerprint density at radius 3 is 2.30 bits per heavy atom. The van der Waals surface area contributed by atoms with E-state index in [4.69, 9.17) is 5.14 Å². The smallest absolute Gasteiger partial charge is 0.273 e. The molecule has 0 radical (unpaired) electrons. The Balaban J connectivity index is 2.70. The predicted molar refractivity (Wildman–Crippen MR) is 74.8 cm³/mol. The molecule has 2 aromatic heterocycles. The zero-order chi connectivity index (χ0) is 15.1. The van der Waals surface area contributed by atoms with Crippen LogP contribution in [0.15, 0.2) is 5.16 Å². The average Bonchev–Trinajstić information content (AvgIpc) is 2.93. The molecule has 2 N–H and O–H groups in total. The standard InChI is InChI=1S/C10H16N6O2S2/c1-5(2)7-8(19-15-12-7)9-13-14-10(20(11,17)18)16(9)6(3)4/h5-6H,1-4H3,(H2,11,17,18). The number of primary sulfonamides is 1. The van der Waals surface area contributed by atoms with Crippen molar-refractivity contribution in [3.05, 3.63) is 5.69 Å². The maximum atomic E-state index is 11.6. The maximum Gasteiger partial charge on any atom is 0.273 e. The summed E-state index contributed by atoms with van der Waals surface area (Å²) < 4.78 is 28.6. The SMILES string of the molecule is CC(C)c1nnsc1-c1nnc(S(N)(=O)=O)n1C(C)C. The van der Waals surface area contributed by atoms with Crippen LogP contribution in [0, 0.1) is 0 Å². The van der Waals surface area contributed by atoms with Gasteiger partial charge >= 0.3 is 0 Å². The Morgan fingerprint density at radius 1 is 1.15 bits per heavy atom.